The summed E-state index contributed by atoms with van der Waals surface area (Å²) in [6.07, 6.45) is 4.60. The van der Waals surface area contributed by atoms with Crippen molar-refractivity contribution in [2.45, 2.75) is 26.7 Å². The average molecular weight is 352 g/mol. The number of carboxylic acids is 1. The van der Waals surface area contributed by atoms with E-state index in [1.54, 1.807) is 12.1 Å². The van der Waals surface area contributed by atoms with Gasteiger partial charge in [0.1, 0.15) is 17.1 Å². The highest BCUT2D eigenvalue weighted by atomic mass is 16.5. The van der Waals surface area contributed by atoms with Crippen molar-refractivity contribution < 1.29 is 19.7 Å². The molecule has 0 radical (unpaired) electrons. The third-order valence-electron chi connectivity index (χ3n) is 4.16. The minimum Gasteiger partial charge on any atom is -0.507 e. The van der Waals surface area contributed by atoms with Gasteiger partial charge in [0.25, 0.3) is 0 Å². The molecular formula is C22H24O4. The standard InChI is InChI=1S/C22H24O4/c1-14(2)5-12-18-19(26-4)13-17(20(21(18)23)22(24)25)11-10-16-8-6-15(3)7-9-16/h6-11,13,23H,1,5,12H2,2-4H3,(H,24,25)/b11-10+. The molecule has 0 amide bonds. The van der Waals surface area contributed by atoms with Crippen molar-refractivity contribution in [3.05, 3.63) is 70.3 Å². The van der Waals surface area contributed by atoms with E-state index in [0.29, 0.717) is 29.7 Å². The molecule has 2 aromatic carbocycles. The Hall–Kier alpha value is -3.01. The molecule has 4 nitrogen and oxygen atoms in total. The summed E-state index contributed by atoms with van der Waals surface area (Å²) < 4.78 is 5.39. The van der Waals surface area contributed by atoms with Crippen molar-refractivity contribution in [1.82, 2.24) is 0 Å². The third-order valence-corrected chi connectivity index (χ3v) is 4.16. The predicted molar refractivity (Wildman–Crippen MR) is 105 cm³/mol. The van der Waals surface area contributed by atoms with Crippen molar-refractivity contribution in [3.63, 3.8) is 0 Å². The first-order chi connectivity index (χ1) is 12.3. The lowest BCUT2D eigenvalue weighted by atomic mass is 9.96. The van der Waals surface area contributed by atoms with Crippen LogP contribution in [0.15, 0.2) is 42.5 Å². The summed E-state index contributed by atoms with van der Waals surface area (Å²) in [5.41, 5.74) is 3.80. The van der Waals surface area contributed by atoms with Gasteiger partial charge in [-0.25, -0.2) is 4.79 Å². The molecule has 0 aliphatic heterocycles. The van der Waals surface area contributed by atoms with Crippen LogP contribution in [0.1, 0.15) is 46.0 Å². The van der Waals surface area contributed by atoms with Gasteiger partial charge >= 0.3 is 5.97 Å². The Bertz CT molecular complexity index is 845. The van der Waals surface area contributed by atoms with Crippen molar-refractivity contribution in [3.8, 4) is 11.5 Å². The SMILES string of the molecule is C=C(C)CCc1c(OC)cc(/C=C/c2ccc(C)cc2)c(C(=O)O)c1O. The lowest BCUT2D eigenvalue weighted by Crippen LogP contribution is -2.05. The highest BCUT2D eigenvalue weighted by Gasteiger charge is 2.21. The van der Waals surface area contributed by atoms with Gasteiger partial charge in [0.15, 0.2) is 0 Å². The van der Waals surface area contributed by atoms with Gasteiger partial charge in [-0.05, 0) is 43.9 Å². The van der Waals surface area contributed by atoms with E-state index in [1.165, 1.54) is 7.11 Å². The maximum atomic E-state index is 11.7. The summed E-state index contributed by atoms with van der Waals surface area (Å²) in [5, 5.41) is 20.2. The first kappa shape index (κ1) is 19.3. The number of aromatic hydroxyl groups is 1. The smallest absolute Gasteiger partial charge is 0.340 e. The lowest BCUT2D eigenvalue weighted by molar-refractivity contribution is 0.0693. The van der Waals surface area contributed by atoms with E-state index in [9.17, 15) is 15.0 Å². The Morgan fingerprint density at radius 2 is 1.88 bits per heavy atom. The molecule has 0 bridgehead atoms. The van der Waals surface area contributed by atoms with Crippen LogP contribution in [0, 0.1) is 6.92 Å². The minimum absolute atomic E-state index is 0.120. The number of carbonyl (C=O) groups is 1. The molecule has 0 saturated carbocycles. The number of rotatable bonds is 7. The molecule has 0 atom stereocenters. The molecule has 0 aliphatic rings. The summed E-state index contributed by atoms with van der Waals surface area (Å²) in [6.45, 7) is 7.74. The fourth-order valence-corrected chi connectivity index (χ4v) is 2.69. The van der Waals surface area contributed by atoms with Crippen LogP contribution in [0.2, 0.25) is 0 Å². The Labute approximate surface area is 154 Å². The molecule has 0 fully saturated rings. The van der Waals surface area contributed by atoms with E-state index in [4.69, 9.17) is 4.74 Å². The van der Waals surface area contributed by atoms with E-state index in [2.05, 4.69) is 6.58 Å². The molecule has 4 heteroatoms. The molecule has 0 saturated heterocycles. The molecule has 0 heterocycles. The molecule has 2 N–H and O–H groups in total. The maximum Gasteiger partial charge on any atom is 0.340 e. The van der Waals surface area contributed by atoms with Crippen LogP contribution in [0.3, 0.4) is 0 Å². The first-order valence-corrected chi connectivity index (χ1v) is 8.38. The molecule has 26 heavy (non-hydrogen) atoms. The third kappa shape index (κ3) is 4.54. The fourth-order valence-electron chi connectivity index (χ4n) is 2.69. The molecule has 0 aliphatic carbocycles. The van der Waals surface area contributed by atoms with Crippen LogP contribution in [0.5, 0.6) is 11.5 Å². The molecule has 0 aromatic heterocycles. The Balaban J connectivity index is 2.50. The minimum atomic E-state index is -1.18. The summed E-state index contributed by atoms with van der Waals surface area (Å²) in [4.78, 5) is 11.7. The zero-order valence-corrected chi connectivity index (χ0v) is 15.4. The molecule has 0 spiro atoms. The van der Waals surface area contributed by atoms with Gasteiger partial charge in [-0.2, -0.15) is 0 Å². The molecule has 2 aromatic rings. The van der Waals surface area contributed by atoms with Gasteiger partial charge in [0, 0.05) is 5.56 Å². The largest absolute Gasteiger partial charge is 0.507 e. The predicted octanol–water partition coefficient (Wildman–Crippen LogP) is 5.09. The second kappa shape index (κ2) is 8.39. The van der Waals surface area contributed by atoms with E-state index >= 15 is 0 Å². The summed E-state index contributed by atoms with van der Waals surface area (Å²) in [7, 11) is 1.51. The quantitative estimate of drug-likeness (QED) is 0.538. The van der Waals surface area contributed by atoms with E-state index in [1.807, 2.05) is 44.2 Å². The van der Waals surface area contributed by atoms with Gasteiger partial charge in [-0.3, -0.25) is 0 Å². The van der Waals surface area contributed by atoms with Crippen LogP contribution in [0.4, 0.5) is 0 Å². The Morgan fingerprint density at radius 3 is 2.42 bits per heavy atom. The van der Waals surface area contributed by atoms with Crippen LogP contribution < -0.4 is 4.74 Å². The van der Waals surface area contributed by atoms with Gasteiger partial charge < -0.3 is 14.9 Å². The number of aromatic carboxylic acids is 1. The zero-order chi connectivity index (χ0) is 19.3. The number of allylic oxidation sites excluding steroid dienone is 1. The molecule has 2 rings (SSSR count). The van der Waals surface area contributed by atoms with Crippen molar-refractivity contribution in [1.29, 1.82) is 0 Å². The molecular weight excluding hydrogens is 328 g/mol. The topological polar surface area (TPSA) is 66.8 Å². The van der Waals surface area contributed by atoms with Crippen LogP contribution in [-0.2, 0) is 6.42 Å². The summed E-state index contributed by atoms with van der Waals surface area (Å²) in [6, 6.07) is 9.52. The Kier molecular flexibility index (Phi) is 6.23. The average Bonchev–Trinajstić information content (AvgIpc) is 2.59. The van der Waals surface area contributed by atoms with Gasteiger partial charge in [0.2, 0.25) is 0 Å². The van der Waals surface area contributed by atoms with Gasteiger partial charge in [-0.15, -0.1) is 6.58 Å². The van der Waals surface area contributed by atoms with E-state index in [0.717, 1.165) is 16.7 Å². The summed E-state index contributed by atoms with van der Waals surface area (Å²) in [5.74, 6) is -0.954. The number of benzene rings is 2. The Morgan fingerprint density at radius 1 is 1.23 bits per heavy atom. The van der Waals surface area contributed by atoms with Crippen molar-refractivity contribution >= 4 is 18.1 Å². The number of carboxylic acid groups (broad SMARTS) is 1. The number of ether oxygens (including phenoxy) is 1. The van der Waals surface area contributed by atoms with Crippen molar-refractivity contribution in [2.75, 3.05) is 7.11 Å². The fraction of sp³-hybridized carbons (Fsp3) is 0.227. The number of hydrogen-bond acceptors (Lipinski definition) is 3. The maximum absolute atomic E-state index is 11.7. The highest BCUT2D eigenvalue weighted by Crippen LogP contribution is 2.36. The number of methoxy groups -OCH3 is 1. The zero-order valence-electron chi connectivity index (χ0n) is 15.4. The number of hydrogen-bond donors (Lipinski definition) is 2. The highest BCUT2D eigenvalue weighted by molar-refractivity contribution is 5.97. The van der Waals surface area contributed by atoms with E-state index in [-0.39, 0.29) is 11.3 Å². The number of phenols is 1. The van der Waals surface area contributed by atoms with E-state index < -0.39 is 5.97 Å². The monoisotopic (exact) mass is 352 g/mol. The first-order valence-electron chi connectivity index (χ1n) is 8.38. The van der Waals surface area contributed by atoms with Gasteiger partial charge in [-0.1, -0.05) is 47.6 Å². The van der Waals surface area contributed by atoms with Crippen molar-refractivity contribution in [2.24, 2.45) is 0 Å². The number of aryl methyl sites for hydroxylation is 1. The normalized spacial score (nSPS) is 10.9. The van der Waals surface area contributed by atoms with Crippen LogP contribution >= 0.6 is 0 Å². The van der Waals surface area contributed by atoms with Crippen LogP contribution in [0.25, 0.3) is 12.2 Å². The second-order valence-electron chi connectivity index (χ2n) is 6.38. The second-order valence-corrected chi connectivity index (χ2v) is 6.38. The molecule has 0 unspecified atom stereocenters. The summed E-state index contributed by atoms with van der Waals surface area (Å²) >= 11 is 0. The van der Waals surface area contributed by atoms with Gasteiger partial charge in [0.05, 0.1) is 7.11 Å². The lowest BCUT2D eigenvalue weighted by Gasteiger charge is -2.15. The van der Waals surface area contributed by atoms with Crippen LogP contribution in [-0.4, -0.2) is 23.3 Å². The molecule has 136 valence electrons.